The van der Waals surface area contributed by atoms with Gasteiger partial charge in [-0.25, -0.2) is 4.39 Å². The normalized spacial score (nSPS) is 12.1. The average molecular weight is 309 g/mol. The van der Waals surface area contributed by atoms with Gasteiger partial charge in [0.25, 0.3) is 5.22 Å². The van der Waals surface area contributed by atoms with Gasteiger partial charge in [-0.15, -0.1) is 10.2 Å². The van der Waals surface area contributed by atoms with E-state index < -0.39 is 0 Å². The van der Waals surface area contributed by atoms with Crippen LogP contribution in [0.2, 0.25) is 0 Å². The summed E-state index contributed by atoms with van der Waals surface area (Å²) in [6.45, 7) is 3.95. The van der Waals surface area contributed by atoms with Crippen LogP contribution in [-0.4, -0.2) is 27.9 Å². The third-order valence-corrected chi connectivity index (χ3v) is 3.66. The van der Waals surface area contributed by atoms with Gasteiger partial charge >= 0.3 is 0 Å². The highest BCUT2D eigenvalue weighted by Crippen LogP contribution is 2.23. The van der Waals surface area contributed by atoms with Crippen LogP contribution < -0.4 is 5.32 Å². The van der Waals surface area contributed by atoms with E-state index in [2.05, 4.69) is 15.5 Å². The number of aromatic nitrogens is 2. The molecule has 0 bridgehead atoms. The molecule has 0 saturated carbocycles. The molecule has 0 saturated heterocycles. The molecule has 0 radical (unpaired) electrons. The largest absolute Gasteiger partial charge is 0.411 e. The van der Waals surface area contributed by atoms with E-state index in [1.165, 1.54) is 23.9 Å². The van der Waals surface area contributed by atoms with Crippen molar-refractivity contribution in [2.45, 2.75) is 31.5 Å². The van der Waals surface area contributed by atoms with Crippen LogP contribution in [-0.2, 0) is 4.79 Å². The number of nitrogens with one attached hydrogen (secondary N) is 1. The summed E-state index contributed by atoms with van der Waals surface area (Å²) in [5, 5.41) is 10.9. The Morgan fingerprint density at radius 3 is 2.76 bits per heavy atom. The molecule has 0 aliphatic heterocycles. The molecule has 21 heavy (non-hydrogen) atoms. The highest BCUT2D eigenvalue weighted by atomic mass is 32.2. The molecule has 0 fully saturated rings. The zero-order valence-electron chi connectivity index (χ0n) is 11.8. The Morgan fingerprint density at radius 1 is 1.38 bits per heavy atom. The number of halogens is 1. The molecule has 112 valence electrons. The predicted molar refractivity (Wildman–Crippen MR) is 78.3 cm³/mol. The lowest BCUT2D eigenvalue weighted by atomic mass is 10.2. The van der Waals surface area contributed by atoms with Gasteiger partial charge in [0.05, 0.1) is 5.75 Å². The maximum atomic E-state index is 12.8. The maximum absolute atomic E-state index is 12.8. The van der Waals surface area contributed by atoms with Crippen molar-refractivity contribution in [1.82, 2.24) is 15.5 Å². The van der Waals surface area contributed by atoms with Gasteiger partial charge in [-0.05, 0) is 37.6 Å². The van der Waals surface area contributed by atoms with E-state index in [1.54, 1.807) is 12.1 Å². The van der Waals surface area contributed by atoms with Crippen LogP contribution in [0.25, 0.3) is 11.5 Å². The SMILES string of the molecule is CC[C@@H](C)NC(=O)CSc1nnc(-c2ccc(F)cc2)o1. The molecule has 1 heterocycles. The zero-order chi connectivity index (χ0) is 15.2. The van der Waals surface area contributed by atoms with Crippen LogP contribution in [0.15, 0.2) is 33.9 Å². The van der Waals surface area contributed by atoms with Gasteiger partial charge in [-0.3, -0.25) is 4.79 Å². The molecule has 0 aliphatic rings. The van der Waals surface area contributed by atoms with Gasteiger partial charge in [-0.2, -0.15) is 0 Å². The van der Waals surface area contributed by atoms with Crippen molar-refractivity contribution in [3.8, 4) is 11.5 Å². The summed E-state index contributed by atoms with van der Waals surface area (Å²) >= 11 is 1.17. The van der Waals surface area contributed by atoms with E-state index in [0.29, 0.717) is 16.7 Å². The lowest BCUT2D eigenvalue weighted by molar-refractivity contribution is -0.119. The molecule has 1 N–H and O–H groups in total. The van der Waals surface area contributed by atoms with E-state index in [-0.39, 0.29) is 23.5 Å². The van der Waals surface area contributed by atoms with Crippen molar-refractivity contribution in [3.63, 3.8) is 0 Å². The highest BCUT2D eigenvalue weighted by Gasteiger charge is 2.12. The third-order valence-electron chi connectivity index (χ3n) is 2.84. The summed E-state index contributed by atoms with van der Waals surface area (Å²) < 4.78 is 18.3. The molecule has 5 nitrogen and oxygen atoms in total. The lowest BCUT2D eigenvalue weighted by Gasteiger charge is -2.09. The third kappa shape index (κ3) is 4.56. The molecule has 1 aromatic heterocycles. The lowest BCUT2D eigenvalue weighted by Crippen LogP contribution is -2.33. The van der Waals surface area contributed by atoms with Gasteiger partial charge in [0.1, 0.15) is 5.82 Å². The van der Waals surface area contributed by atoms with Gasteiger partial charge in [0.15, 0.2) is 0 Å². The molecular formula is C14H16FN3O2S. The Morgan fingerprint density at radius 2 is 2.10 bits per heavy atom. The first kappa shape index (κ1) is 15.5. The number of carbonyl (C=O) groups is 1. The second-order valence-electron chi connectivity index (χ2n) is 4.55. The van der Waals surface area contributed by atoms with E-state index in [1.807, 2.05) is 13.8 Å². The van der Waals surface area contributed by atoms with Crippen LogP contribution in [0.1, 0.15) is 20.3 Å². The van der Waals surface area contributed by atoms with Crippen molar-refractivity contribution >= 4 is 17.7 Å². The number of nitrogens with zero attached hydrogens (tertiary/aromatic N) is 2. The smallest absolute Gasteiger partial charge is 0.277 e. The summed E-state index contributed by atoms with van der Waals surface area (Å²) in [5.74, 6) is 0.125. The number of hydrogen-bond donors (Lipinski definition) is 1. The van der Waals surface area contributed by atoms with Crippen LogP contribution >= 0.6 is 11.8 Å². The molecule has 0 spiro atoms. The Balaban J connectivity index is 1.91. The Hall–Kier alpha value is -1.89. The minimum Gasteiger partial charge on any atom is -0.411 e. The summed E-state index contributed by atoms with van der Waals surface area (Å²) in [5.41, 5.74) is 0.639. The number of hydrogen-bond acceptors (Lipinski definition) is 5. The van der Waals surface area contributed by atoms with Crippen molar-refractivity contribution in [3.05, 3.63) is 30.1 Å². The fraction of sp³-hybridized carbons (Fsp3) is 0.357. The quantitative estimate of drug-likeness (QED) is 0.831. The zero-order valence-corrected chi connectivity index (χ0v) is 12.6. The predicted octanol–water partition coefficient (Wildman–Crippen LogP) is 2.88. The minimum atomic E-state index is -0.324. The first-order chi connectivity index (χ1) is 10.1. The molecule has 2 rings (SSSR count). The van der Waals surface area contributed by atoms with Gasteiger partial charge in [-0.1, -0.05) is 18.7 Å². The second-order valence-corrected chi connectivity index (χ2v) is 5.47. The number of amides is 1. The van der Waals surface area contributed by atoms with E-state index in [0.717, 1.165) is 6.42 Å². The standard InChI is InChI=1S/C14H16FN3O2S/c1-3-9(2)16-12(19)8-21-14-18-17-13(20-14)10-4-6-11(15)7-5-10/h4-7,9H,3,8H2,1-2H3,(H,16,19)/t9-/m1/s1. The number of thioether (sulfide) groups is 1. The molecule has 0 aliphatic carbocycles. The molecule has 1 aromatic carbocycles. The molecule has 7 heteroatoms. The number of benzene rings is 1. The minimum absolute atomic E-state index is 0.0733. The first-order valence-corrected chi connectivity index (χ1v) is 7.58. The van der Waals surface area contributed by atoms with Crippen LogP contribution in [0, 0.1) is 5.82 Å². The fourth-order valence-electron chi connectivity index (χ4n) is 1.52. The topological polar surface area (TPSA) is 68.0 Å². The van der Waals surface area contributed by atoms with Crippen LogP contribution in [0.3, 0.4) is 0 Å². The first-order valence-electron chi connectivity index (χ1n) is 6.60. The highest BCUT2D eigenvalue weighted by molar-refractivity contribution is 7.99. The number of rotatable bonds is 6. The van der Waals surface area contributed by atoms with Gasteiger partial charge in [0, 0.05) is 11.6 Å². The van der Waals surface area contributed by atoms with Crippen molar-refractivity contribution in [2.75, 3.05) is 5.75 Å². The Kier molecular flexibility index (Phi) is 5.32. The van der Waals surface area contributed by atoms with Crippen LogP contribution in [0.5, 0.6) is 0 Å². The van der Waals surface area contributed by atoms with Gasteiger partial charge in [0.2, 0.25) is 11.8 Å². The fourth-order valence-corrected chi connectivity index (χ4v) is 2.10. The van der Waals surface area contributed by atoms with E-state index in [4.69, 9.17) is 4.42 Å². The summed E-state index contributed by atoms with van der Waals surface area (Å²) in [6, 6.07) is 5.92. The summed E-state index contributed by atoms with van der Waals surface area (Å²) in [7, 11) is 0. The van der Waals surface area contributed by atoms with Gasteiger partial charge < -0.3 is 9.73 Å². The van der Waals surface area contributed by atoms with Crippen molar-refractivity contribution in [2.24, 2.45) is 0 Å². The molecule has 1 amide bonds. The van der Waals surface area contributed by atoms with Crippen molar-refractivity contribution < 1.29 is 13.6 Å². The van der Waals surface area contributed by atoms with E-state index in [9.17, 15) is 9.18 Å². The molecular weight excluding hydrogens is 293 g/mol. The molecule has 1 atom stereocenters. The summed E-state index contributed by atoms with van der Waals surface area (Å²) in [4.78, 5) is 11.6. The summed E-state index contributed by atoms with van der Waals surface area (Å²) in [6.07, 6.45) is 0.881. The average Bonchev–Trinajstić information content (AvgIpc) is 2.94. The second kappa shape index (κ2) is 7.21. The number of carbonyl (C=O) groups excluding carboxylic acids is 1. The van der Waals surface area contributed by atoms with Crippen molar-refractivity contribution in [1.29, 1.82) is 0 Å². The monoisotopic (exact) mass is 309 g/mol. The maximum Gasteiger partial charge on any atom is 0.277 e. The molecule has 2 aromatic rings. The molecule has 0 unspecified atom stereocenters. The van der Waals surface area contributed by atoms with Crippen LogP contribution in [0.4, 0.5) is 4.39 Å². The van der Waals surface area contributed by atoms with E-state index >= 15 is 0 Å². The Labute approximate surface area is 126 Å². The Bertz CT molecular complexity index is 601.